The Morgan fingerprint density at radius 1 is 0.966 bits per heavy atom. The quantitative estimate of drug-likeness (QED) is 0.438. The van der Waals surface area contributed by atoms with Crippen LogP contribution in [0.4, 0.5) is 0 Å². The number of nitrogens with zero attached hydrogens (tertiary/aromatic N) is 2. The van der Waals surface area contributed by atoms with E-state index in [-0.39, 0.29) is 5.56 Å². The number of hydrogen-bond acceptors (Lipinski definition) is 1. The van der Waals surface area contributed by atoms with Crippen LogP contribution in [0.2, 0.25) is 10.0 Å². The van der Waals surface area contributed by atoms with Crippen LogP contribution in [0.25, 0.3) is 11.0 Å². The lowest BCUT2D eigenvalue weighted by Crippen LogP contribution is -2.37. The van der Waals surface area contributed by atoms with Crippen LogP contribution < -0.4 is 4.57 Å². The zero-order valence-corrected chi connectivity index (χ0v) is 17.3. The first kappa shape index (κ1) is 19.5. The van der Waals surface area contributed by atoms with E-state index in [0.717, 1.165) is 22.4 Å². The monoisotopic (exact) mass is 425 g/mol. The number of carbonyl (C=O) groups is 1. The third kappa shape index (κ3) is 3.86. The molecule has 0 bridgehead atoms. The summed E-state index contributed by atoms with van der Waals surface area (Å²) in [5.74, 6) is 0.130. The van der Waals surface area contributed by atoms with Crippen molar-refractivity contribution in [2.45, 2.75) is 20.0 Å². The number of benzene rings is 3. The van der Waals surface area contributed by atoms with Crippen LogP contribution in [0.3, 0.4) is 0 Å². The molecule has 1 N–H and O–H groups in total. The molecule has 1 heterocycles. The second kappa shape index (κ2) is 7.90. The van der Waals surface area contributed by atoms with Gasteiger partial charge in [-0.1, -0.05) is 65.7 Å². The van der Waals surface area contributed by atoms with Gasteiger partial charge in [-0.05, 0) is 23.3 Å². The molecule has 0 radical (unpaired) electrons. The number of hydrogen-bond donors (Lipinski definition) is 1. The maximum Gasteiger partial charge on any atom is 0.335 e. The van der Waals surface area contributed by atoms with Gasteiger partial charge in [-0.2, -0.15) is 0 Å². The van der Waals surface area contributed by atoms with E-state index >= 15 is 0 Å². The van der Waals surface area contributed by atoms with Crippen LogP contribution in [0.1, 0.15) is 27.3 Å². The summed E-state index contributed by atoms with van der Waals surface area (Å²) in [4.78, 5) is 11.1. The van der Waals surface area contributed by atoms with E-state index in [2.05, 4.69) is 28.2 Å². The highest BCUT2D eigenvalue weighted by atomic mass is 35.5. The molecule has 0 saturated heterocycles. The van der Waals surface area contributed by atoms with Crippen molar-refractivity contribution in [3.63, 3.8) is 0 Å². The van der Waals surface area contributed by atoms with Gasteiger partial charge in [0.2, 0.25) is 0 Å². The Hall–Kier alpha value is -2.82. The van der Waals surface area contributed by atoms with E-state index in [1.54, 1.807) is 12.1 Å². The van der Waals surface area contributed by atoms with E-state index in [4.69, 9.17) is 28.3 Å². The van der Waals surface area contributed by atoms with Gasteiger partial charge >= 0.3 is 5.97 Å². The molecule has 0 atom stereocenters. The molecule has 4 rings (SSSR count). The first-order valence-electron chi connectivity index (χ1n) is 9.18. The van der Waals surface area contributed by atoms with Crippen LogP contribution in [0.15, 0.2) is 66.7 Å². The molecule has 4 nitrogen and oxygen atoms in total. The normalized spacial score (nSPS) is 11.1. The largest absolute Gasteiger partial charge is 0.478 e. The van der Waals surface area contributed by atoms with Crippen molar-refractivity contribution in [3.8, 4) is 0 Å². The molecule has 0 aliphatic rings. The lowest BCUT2D eigenvalue weighted by Gasteiger charge is -2.03. The molecule has 0 amide bonds. The Kier molecular flexibility index (Phi) is 5.31. The molecule has 29 heavy (non-hydrogen) atoms. The van der Waals surface area contributed by atoms with E-state index in [9.17, 15) is 4.79 Å². The third-order valence-corrected chi connectivity index (χ3v) is 5.83. The zero-order valence-electron chi connectivity index (χ0n) is 15.8. The Balaban J connectivity index is 1.81. The molecule has 0 aliphatic heterocycles. The van der Waals surface area contributed by atoms with Crippen molar-refractivity contribution in [1.29, 1.82) is 0 Å². The summed E-state index contributed by atoms with van der Waals surface area (Å²) in [6, 6.07) is 21.0. The zero-order chi connectivity index (χ0) is 20.5. The standard InChI is InChI=1S/C23H18Cl2N2O2/c1-15-26(13-16-5-3-2-4-6-16)21-11-19(24)20(25)12-22(21)27(15)14-17-7-9-18(10-8-17)23(28)29/h2-12H,13-14H2,1H3/p+1. The molecule has 0 unspecified atom stereocenters. The number of aromatic carboxylic acids is 1. The number of carboxylic acid groups (broad SMARTS) is 1. The van der Waals surface area contributed by atoms with Crippen molar-refractivity contribution in [1.82, 2.24) is 4.57 Å². The van der Waals surface area contributed by atoms with Gasteiger partial charge < -0.3 is 5.11 Å². The fourth-order valence-electron chi connectivity index (χ4n) is 3.55. The summed E-state index contributed by atoms with van der Waals surface area (Å²) in [7, 11) is 0. The third-order valence-electron chi connectivity index (χ3n) is 5.11. The molecule has 6 heteroatoms. The average Bonchev–Trinajstić information content (AvgIpc) is 2.95. The molecule has 1 aromatic heterocycles. The van der Waals surface area contributed by atoms with Crippen molar-refractivity contribution in [2.24, 2.45) is 0 Å². The van der Waals surface area contributed by atoms with Gasteiger partial charge in [0.05, 0.1) is 15.6 Å². The van der Waals surface area contributed by atoms with Gasteiger partial charge in [0.1, 0.15) is 13.1 Å². The minimum atomic E-state index is -0.929. The number of carboxylic acids is 1. The summed E-state index contributed by atoms with van der Waals surface area (Å²) >= 11 is 12.6. The average molecular weight is 426 g/mol. The van der Waals surface area contributed by atoms with Gasteiger partial charge in [-0.15, -0.1) is 0 Å². The molecule has 3 aromatic carbocycles. The summed E-state index contributed by atoms with van der Waals surface area (Å²) in [5.41, 5.74) is 4.46. The van der Waals surface area contributed by atoms with Crippen LogP contribution in [-0.4, -0.2) is 15.6 Å². The lowest BCUT2D eigenvalue weighted by atomic mass is 10.1. The topological polar surface area (TPSA) is 46.1 Å². The smallest absolute Gasteiger partial charge is 0.335 e. The Bertz CT molecular complexity index is 1200. The fraction of sp³-hybridized carbons (Fsp3) is 0.130. The van der Waals surface area contributed by atoms with Gasteiger partial charge in [0, 0.05) is 19.1 Å². The summed E-state index contributed by atoms with van der Waals surface area (Å²) < 4.78 is 4.40. The number of imidazole rings is 1. The van der Waals surface area contributed by atoms with Crippen LogP contribution in [0, 0.1) is 6.92 Å². The Labute approximate surface area is 178 Å². The Morgan fingerprint density at radius 2 is 1.62 bits per heavy atom. The number of halogens is 2. The first-order chi connectivity index (χ1) is 13.9. The molecule has 0 aliphatic carbocycles. The molecule has 146 valence electrons. The van der Waals surface area contributed by atoms with E-state index < -0.39 is 5.97 Å². The predicted octanol–water partition coefficient (Wildman–Crippen LogP) is 5.34. The van der Waals surface area contributed by atoms with Crippen molar-refractivity contribution < 1.29 is 14.5 Å². The van der Waals surface area contributed by atoms with Crippen LogP contribution in [0.5, 0.6) is 0 Å². The summed E-state index contributed by atoms with van der Waals surface area (Å²) in [6.45, 7) is 3.38. The lowest BCUT2D eigenvalue weighted by molar-refractivity contribution is -0.669. The predicted molar refractivity (Wildman–Crippen MR) is 115 cm³/mol. The highest BCUT2D eigenvalue weighted by molar-refractivity contribution is 6.42. The molecular weight excluding hydrogens is 407 g/mol. The number of rotatable bonds is 5. The van der Waals surface area contributed by atoms with Gasteiger partial charge in [-0.25, -0.2) is 13.9 Å². The van der Waals surface area contributed by atoms with E-state index in [1.807, 2.05) is 42.5 Å². The first-order valence-corrected chi connectivity index (χ1v) is 9.93. The highest BCUT2D eigenvalue weighted by Crippen LogP contribution is 2.28. The van der Waals surface area contributed by atoms with Crippen molar-refractivity contribution >= 4 is 40.2 Å². The molecule has 0 spiro atoms. The number of aromatic nitrogens is 2. The van der Waals surface area contributed by atoms with E-state index in [0.29, 0.717) is 23.1 Å². The van der Waals surface area contributed by atoms with Gasteiger partial charge in [-0.3, -0.25) is 0 Å². The summed E-state index contributed by atoms with van der Waals surface area (Å²) in [6.07, 6.45) is 0. The van der Waals surface area contributed by atoms with Crippen LogP contribution >= 0.6 is 23.2 Å². The number of fused-ring (bicyclic) bond motifs is 1. The minimum Gasteiger partial charge on any atom is -0.478 e. The molecule has 4 aromatic rings. The second-order valence-electron chi connectivity index (χ2n) is 6.96. The second-order valence-corrected chi connectivity index (χ2v) is 7.78. The molecule has 0 fully saturated rings. The van der Waals surface area contributed by atoms with Gasteiger partial charge in [0.25, 0.3) is 5.82 Å². The fourth-order valence-corrected chi connectivity index (χ4v) is 3.87. The van der Waals surface area contributed by atoms with Crippen molar-refractivity contribution in [2.75, 3.05) is 0 Å². The maximum atomic E-state index is 11.1. The molecule has 0 saturated carbocycles. The summed E-state index contributed by atoms with van der Waals surface area (Å²) in [5, 5.41) is 10.1. The SMILES string of the molecule is Cc1n(Cc2ccc(C(=O)O)cc2)c2cc(Cl)c(Cl)cc2[n+]1Cc1ccccc1. The van der Waals surface area contributed by atoms with Gasteiger partial charge in [0.15, 0.2) is 11.0 Å². The highest BCUT2D eigenvalue weighted by Gasteiger charge is 2.23. The van der Waals surface area contributed by atoms with Crippen molar-refractivity contribution in [3.05, 3.63) is 99.3 Å². The minimum absolute atomic E-state index is 0.275. The maximum absolute atomic E-state index is 11.1. The van der Waals surface area contributed by atoms with E-state index in [1.165, 1.54) is 5.56 Å². The van der Waals surface area contributed by atoms with Crippen LogP contribution in [-0.2, 0) is 13.1 Å². The molecular formula is C23H19Cl2N2O2+. The Morgan fingerprint density at radius 3 is 2.28 bits per heavy atom.